The molecule has 10 heteroatoms. The van der Waals surface area contributed by atoms with Crippen LogP contribution in [-0.2, 0) is 24.6 Å². The van der Waals surface area contributed by atoms with Crippen LogP contribution in [-0.4, -0.2) is 50.6 Å². The van der Waals surface area contributed by atoms with E-state index in [4.69, 9.17) is 4.74 Å². The maximum absolute atomic E-state index is 15.0. The van der Waals surface area contributed by atoms with Gasteiger partial charge in [-0.3, -0.25) is 29.8 Å². The first-order chi connectivity index (χ1) is 21.7. The highest BCUT2D eigenvalue weighted by molar-refractivity contribution is 6.13. The Balaban J connectivity index is 1.47. The summed E-state index contributed by atoms with van der Waals surface area (Å²) in [7, 11) is 0. The minimum Gasteiger partial charge on any atom is -0.504 e. The first kappa shape index (κ1) is 28.8. The fourth-order valence-corrected chi connectivity index (χ4v) is 8.09. The highest BCUT2D eigenvalue weighted by Crippen LogP contribution is 2.64. The average Bonchev–Trinajstić information content (AvgIpc) is 3.40. The number of ether oxygens (including phenoxy) is 1. The minimum atomic E-state index is -1.43. The predicted octanol–water partition coefficient (Wildman–Crippen LogP) is 4.47. The van der Waals surface area contributed by atoms with Crippen molar-refractivity contribution in [3.63, 3.8) is 0 Å². The quantitative estimate of drug-likeness (QED) is 0.212. The van der Waals surface area contributed by atoms with Gasteiger partial charge in [0.1, 0.15) is 0 Å². The van der Waals surface area contributed by atoms with Crippen LogP contribution in [0.5, 0.6) is 11.5 Å². The van der Waals surface area contributed by atoms with E-state index in [1.807, 2.05) is 55.5 Å². The van der Waals surface area contributed by atoms with Gasteiger partial charge >= 0.3 is 0 Å². The van der Waals surface area contributed by atoms with E-state index in [1.165, 1.54) is 6.07 Å². The van der Waals surface area contributed by atoms with Crippen LogP contribution in [0.2, 0.25) is 0 Å². The van der Waals surface area contributed by atoms with Gasteiger partial charge in [-0.2, -0.15) is 10.1 Å². The summed E-state index contributed by atoms with van der Waals surface area (Å²) in [6.07, 6.45) is 2.23. The summed E-state index contributed by atoms with van der Waals surface area (Å²) in [6.45, 7) is 4.03. The first-order valence-electron chi connectivity index (χ1n) is 15.2. The molecule has 10 nitrogen and oxygen atoms in total. The third-order valence-electron chi connectivity index (χ3n) is 9.99. The second-order valence-corrected chi connectivity index (χ2v) is 12.2. The molecule has 3 fully saturated rings. The first-order valence-corrected chi connectivity index (χ1v) is 15.2. The van der Waals surface area contributed by atoms with Crippen LogP contribution in [0.15, 0.2) is 84.4 Å². The summed E-state index contributed by atoms with van der Waals surface area (Å²) in [4.78, 5) is 55.8. The predicted molar refractivity (Wildman–Crippen MR) is 162 cm³/mol. The third-order valence-corrected chi connectivity index (χ3v) is 9.99. The number of hydrogen-bond acceptors (Lipinski definition) is 8. The lowest BCUT2D eigenvalue weighted by Crippen LogP contribution is -2.53. The van der Waals surface area contributed by atoms with Gasteiger partial charge in [-0.1, -0.05) is 65.7 Å². The molecule has 4 amide bonds. The van der Waals surface area contributed by atoms with Gasteiger partial charge in [0, 0.05) is 5.92 Å². The van der Waals surface area contributed by atoms with Crippen LogP contribution in [0.1, 0.15) is 42.4 Å². The molecule has 0 bridgehead atoms. The summed E-state index contributed by atoms with van der Waals surface area (Å²) in [5.41, 5.74) is 5.22. The lowest BCUT2D eigenvalue weighted by molar-refractivity contribution is -0.173. The summed E-state index contributed by atoms with van der Waals surface area (Å²) in [5.74, 6) is -5.99. The molecular formula is C35H33N3O7. The Bertz CT molecular complexity index is 1750. The van der Waals surface area contributed by atoms with E-state index in [0.717, 1.165) is 16.1 Å². The maximum atomic E-state index is 15.0. The molecule has 4 aliphatic rings. The van der Waals surface area contributed by atoms with Crippen molar-refractivity contribution in [1.29, 1.82) is 0 Å². The molecule has 2 heterocycles. The van der Waals surface area contributed by atoms with Gasteiger partial charge in [0.05, 0.1) is 35.5 Å². The molecule has 3 N–H and O–H groups in total. The highest BCUT2D eigenvalue weighted by Gasteiger charge is 2.70. The van der Waals surface area contributed by atoms with Crippen molar-refractivity contribution in [3.8, 4) is 11.5 Å². The molecule has 1 saturated carbocycles. The SMILES string of the molecule is CCOc1cc([C@H]2C3=CC[C@@H]4C(=O)N(O)C(=O)[C@@H]4[C@@H]3C[C@H]3C(=O)N(Nc4ccc(C)cc4)C(=O)[C@@]23c2ccccc2)ccc1O. The van der Waals surface area contributed by atoms with Crippen LogP contribution in [0.4, 0.5) is 5.69 Å². The highest BCUT2D eigenvalue weighted by atomic mass is 16.5. The standard InChI is InChI=1S/C35H33N3O7/c1-3-45-28-17-20(11-16-27(28)39)30-23-14-15-24-29(33(42)38(44)31(24)40)25(23)18-26-32(41)37(36-22-12-9-19(2)10-13-22)34(43)35(26,30)21-7-5-4-6-8-21/h4-14,16-17,24-26,29-30,36,39,44H,3,15,18H2,1-2H3/t24-,25+,26-,29-,30-,35+/m0/s1. The Morgan fingerprint density at radius 3 is 2.38 bits per heavy atom. The van der Waals surface area contributed by atoms with E-state index in [2.05, 4.69) is 5.43 Å². The van der Waals surface area contributed by atoms with E-state index < -0.39 is 58.6 Å². The van der Waals surface area contributed by atoms with Gasteiger partial charge in [0.15, 0.2) is 11.5 Å². The Hall–Kier alpha value is -4.96. The van der Waals surface area contributed by atoms with Crippen molar-refractivity contribution >= 4 is 29.3 Å². The summed E-state index contributed by atoms with van der Waals surface area (Å²) in [5, 5.41) is 22.3. The topological polar surface area (TPSA) is 136 Å². The van der Waals surface area contributed by atoms with Crippen LogP contribution in [0.3, 0.4) is 0 Å². The van der Waals surface area contributed by atoms with Crippen molar-refractivity contribution in [1.82, 2.24) is 10.1 Å². The van der Waals surface area contributed by atoms with Crippen molar-refractivity contribution in [2.45, 2.75) is 38.0 Å². The molecular weight excluding hydrogens is 574 g/mol. The Kier molecular flexibility index (Phi) is 6.77. The number of phenolic OH excluding ortho intramolecular Hbond substituents is 1. The van der Waals surface area contributed by atoms with Gasteiger partial charge in [-0.05, 0) is 68.0 Å². The fourth-order valence-electron chi connectivity index (χ4n) is 8.09. The second kappa shape index (κ2) is 10.6. The number of aromatic hydroxyl groups is 1. The average molecular weight is 608 g/mol. The number of nitrogens with one attached hydrogen (secondary N) is 1. The number of hydrogen-bond donors (Lipinski definition) is 3. The van der Waals surface area contributed by atoms with E-state index in [1.54, 1.807) is 31.2 Å². The Morgan fingerprint density at radius 2 is 1.67 bits per heavy atom. The van der Waals surface area contributed by atoms with E-state index in [0.29, 0.717) is 16.8 Å². The molecule has 3 aromatic carbocycles. The van der Waals surface area contributed by atoms with Gasteiger partial charge in [0.25, 0.3) is 23.6 Å². The molecule has 0 unspecified atom stereocenters. The number of hydroxylamine groups is 2. The minimum absolute atomic E-state index is 0.0695. The Labute approximate surface area is 259 Å². The molecule has 6 atom stereocenters. The normalized spacial score (nSPS) is 28.9. The number of benzene rings is 3. The number of carbonyl (C=O) groups excluding carboxylic acids is 4. The summed E-state index contributed by atoms with van der Waals surface area (Å²) in [6, 6.07) is 21.5. The number of carbonyl (C=O) groups is 4. The molecule has 0 radical (unpaired) electrons. The molecule has 0 spiro atoms. The summed E-state index contributed by atoms with van der Waals surface area (Å²) >= 11 is 0. The van der Waals surface area contributed by atoms with Crippen LogP contribution < -0.4 is 10.2 Å². The number of hydrazine groups is 1. The van der Waals surface area contributed by atoms with Gasteiger partial charge < -0.3 is 9.84 Å². The van der Waals surface area contributed by atoms with E-state index >= 15 is 4.79 Å². The van der Waals surface area contributed by atoms with Crippen LogP contribution in [0, 0.1) is 30.6 Å². The number of anilines is 1. The van der Waals surface area contributed by atoms with Gasteiger partial charge in [0.2, 0.25) is 0 Å². The summed E-state index contributed by atoms with van der Waals surface area (Å²) < 4.78 is 5.74. The largest absolute Gasteiger partial charge is 0.504 e. The van der Waals surface area contributed by atoms with Crippen LogP contribution in [0.25, 0.3) is 0 Å². The van der Waals surface area contributed by atoms with E-state index in [-0.39, 0.29) is 36.0 Å². The monoisotopic (exact) mass is 607 g/mol. The zero-order chi connectivity index (χ0) is 31.6. The van der Waals surface area contributed by atoms with Crippen molar-refractivity contribution in [3.05, 3.63) is 101 Å². The zero-order valence-corrected chi connectivity index (χ0v) is 24.8. The number of nitrogens with zero attached hydrogens (tertiary/aromatic N) is 2. The number of amides is 4. The molecule has 3 aromatic rings. The van der Waals surface area contributed by atoms with Crippen molar-refractivity contribution in [2.24, 2.45) is 23.7 Å². The number of allylic oxidation sites excluding steroid dienone is 2. The van der Waals surface area contributed by atoms with E-state index in [9.17, 15) is 24.7 Å². The number of phenols is 1. The third kappa shape index (κ3) is 4.12. The number of aryl methyl sites for hydroxylation is 1. The van der Waals surface area contributed by atoms with Crippen molar-refractivity contribution < 1.29 is 34.2 Å². The zero-order valence-electron chi connectivity index (χ0n) is 24.8. The lowest BCUT2D eigenvalue weighted by Gasteiger charge is -2.50. The number of fused-ring (bicyclic) bond motifs is 4. The molecule has 45 heavy (non-hydrogen) atoms. The second-order valence-electron chi connectivity index (χ2n) is 12.2. The molecule has 2 aliphatic carbocycles. The number of imide groups is 2. The molecule has 2 aliphatic heterocycles. The number of rotatable bonds is 6. The van der Waals surface area contributed by atoms with Crippen molar-refractivity contribution in [2.75, 3.05) is 12.0 Å². The smallest absolute Gasteiger partial charge is 0.260 e. The lowest BCUT2D eigenvalue weighted by atomic mass is 9.49. The molecule has 2 saturated heterocycles. The molecule has 7 rings (SSSR count). The Morgan fingerprint density at radius 1 is 0.933 bits per heavy atom. The maximum Gasteiger partial charge on any atom is 0.260 e. The fraction of sp³-hybridized carbons (Fsp3) is 0.314. The van der Waals surface area contributed by atoms with Crippen LogP contribution >= 0.6 is 0 Å². The molecule has 0 aromatic heterocycles. The van der Waals surface area contributed by atoms with Gasteiger partial charge in [-0.25, -0.2) is 0 Å². The molecule has 230 valence electrons. The van der Waals surface area contributed by atoms with Gasteiger partial charge in [-0.15, -0.1) is 0 Å².